The molecule has 144 valence electrons. The van der Waals surface area contributed by atoms with E-state index in [4.69, 9.17) is 11.6 Å². The number of hydrogen-bond acceptors (Lipinski definition) is 3. The first kappa shape index (κ1) is 19.8. The first-order chi connectivity index (χ1) is 13.6. The minimum absolute atomic E-state index is 0.0159. The van der Waals surface area contributed by atoms with E-state index < -0.39 is 0 Å². The van der Waals surface area contributed by atoms with Crippen molar-refractivity contribution in [3.05, 3.63) is 87.7 Å². The monoisotopic (exact) mass is 395 g/mol. The average molecular weight is 396 g/mol. The zero-order chi connectivity index (χ0) is 19.8. The minimum Gasteiger partial charge on any atom is -0.356 e. The number of carbonyl (C=O) groups is 1. The molecule has 1 N–H and O–H groups in total. The zero-order valence-corrected chi connectivity index (χ0v) is 16.2. The predicted molar refractivity (Wildman–Crippen MR) is 111 cm³/mol. The molecule has 1 heterocycles. The number of hydrogen-bond donors (Lipinski definition) is 1. The Bertz CT molecular complexity index is 969. The summed E-state index contributed by atoms with van der Waals surface area (Å²) in [5, 5.41) is 7.96. The third-order valence-corrected chi connectivity index (χ3v) is 4.61. The summed E-state index contributed by atoms with van der Waals surface area (Å²) in [6, 6.07) is 20.5. The van der Waals surface area contributed by atoms with Gasteiger partial charge in [0.15, 0.2) is 0 Å². The predicted octanol–water partition coefficient (Wildman–Crippen LogP) is 3.70. The summed E-state index contributed by atoms with van der Waals surface area (Å²) >= 11 is 5.91. The van der Waals surface area contributed by atoms with Gasteiger partial charge in [-0.1, -0.05) is 54.1 Å². The Morgan fingerprint density at radius 2 is 1.75 bits per heavy atom. The van der Waals surface area contributed by atoms with Gasteiger partial charge in [0, 0.05) is 36.2 Å². The number of rotatable bonds is 8. The van der Waals surface area contributed by atoms with Gasteiger partial charge in [-0.15, -0.1) is 0 Å². The second-order valence-corrected chi connectivity index (χ2v) is 6.91. The molecular formula is C22H22ClN3O2. The third-order valence-electron chi connectivity index (χ3n) is 4.36. The molecule has 6 heteroatoms. The van der Waals surface area contributed by atoms with E-state index in [2.05, 4.69) is 10.4 Å². The molecule has 0 bridgehead atoms. The fourth-order valence-electron chi connectivity index (χ4n) is 2.85. The molecule has 0 saturated carbocycles. The maximum Gasteiger partial charge on any atom is 0.266 e. The summed E-state index contributed by atoms with van der Waals surface area (Å²) in [4.78, 5) is 24.0. The molecule has 3 rings (SSSR count). The van der Waals surface area contributed by atoms with Gasteiger partial charge in [0.1, 0.15) is 0 Å². The van der Waals surface area contributed by atoms with Gasteiger partial charge in [-0.25, -0.2) is 4.68 Å². The molecule has 0 aliphatic rings. The maximum atomic E-state index is 12.0. The average Bonchev–Trinajstić information content (AvgIpc) is 2.71. The second-order valence-electron chi connectivity index (χ2n) is 6.48. The van der Waals surface area contributed by atoms with Gasteiger partial charge < -0.3 is 5.32 Å². The van der Waals surface area contributed by atoms with Gasteiger partial charge in [-0.3, -0.25) is 9.59 Å². The Labute approximate surface area is 169 Å². The van der Waals surface area contributed by atoms with Crippen LogP contribution in [-0.2, 0) is 17.8 Å². The molecule has 0 spiro atoms. The number of nitrogens with zero attached hydrogens (tertiary/aromatic N) is 2. The van der Waals surface area contributed by atoms with Crippen LogP contribution in [0, 0.1) is 0 Å². The van der Waals surface area contributed by atoms with Gasteiger partial charge in [0.2, 0.25) is 5.91 Å². The molecule has 0 unspecified atom stereocenters. The molecule has 0 saturated heterocycles. The molecule has 5 nitrogen and oxygen atoms in total. The lowest BCUT2D eigenvalue weighted by atomic mass is 10.1. The number of amides is 1. The second kappa shape index (κ2) is 9.85. The van der Waals surface area contributed by atoms with E-state index in [1.165, 1.54) is 16.3 Å². The van der Waals surface area contributed by atoms with E-state index in [9.17, 15) is 9.59 Å². The van der Waals surface area contributed by atoms with Crippen LogP contribution >= 0.6 is 11.6 Å². The van der Waals surface area contributed by atoms with Gasteiger partial charge in [0.05, 0.1) is 5.69 Å². The Morgan fingerprint density at radius 1 is 1.00 bits per heavy atom. The summed E-state index contributed by atoms with van der Waals surface area (Å²) in [5.41, 5.74) is 2.60. The summed E-state index contributed by atoms with van der Waals surface area (Å²) in [6.45, 7) is 0.999. The molecule has 28 heavy (non-hydrogen) atoms. The molecule has 2 aromatic carbocycles. The van der Waals surface area contributed by atoms with E-state index in [0.29, 0.717) is 36.6 Å². The van der Waals surface area contributed by atoms with E-state index >= 15 is 0 Å². The lowest BCUT2D eigenvalue weighted by Crippen LogP contribution is -2.27. The Kier molecular flexibility index (Phi) is 6.98. The normalized spacial score (nSPS) is 10.6. The van der Waals surface area contributed by atoms with E-state index in [-0.39, 0.29) is 11.5 Å². The van der Waals surface area contributed by atoms with Gasteiger partial charge in [-0.2, -0.15) is 5.10 Å². The summed E-state index contributed by atoms with van der Waals surface area (Å²) in [7, 11) is 0. The van der Waals surface area contributed by atoms with Gasteiger partial charge >= 0.3 is 0 Å². The molecule has 3 aromatic rings. The molecule has 0 aliphatic heterocycles. The van der Waals surface area contributed by atoms with Crippen LogP contribution in [0.4, 0.5) is 0 Å². The van der Waals surface area contributed by atoms with E-state index in [1.54, 1.807) is 18.2 Å². The summed E-state index contributed by atoms with van der Waals surface area (Å²) in [6.07, 6.45) is 1.71. The van der Waals surface area contributed by atoms with Crippen LogP contribution in [-0.4, -0.2) is 22.2 Å². The highest BCUT2D eigenvalue weighted by molar-refractivity contribution is 6.30. The van der Waals surface area contributed by atoms with Crippen molar-refractivity contribution in [1.82, 2.24) is 15.1 Å². The number of nitrogens with one attached hydrogen (secondary N) is 1. The Hall–Kier alpha value is -2.92. The smallest absolute Gasteiger partial charge is 0.266 e. The van der Waals surface area contributed by atoms with Crippen molar-refractivity contribution in [2.45, 2.75) is 25.8 Å². The highest BCUT2D eigenvalue weighted by atomic mass is 35.5. The van der Waals surface area contributed by atoms with Crippen molar-refractivity contribution in [1.29, 1.82) is 0 Å². The van der Waals surface area contributed by atoms with Crippen LogP contribution in [0.25, 0.3) is 11.3 Å². The molecule has 0 aliphatic carbocycles. The highest BCUT2D eigenvalue weighted by Crippen LogP contribution is 2.18. The van der Waals surface area contributed by atoms with Crippen molar-refractivity contribution in [3.8, 4) is 11.3 Å². The summed E-state index contributed by atoms with van der Waals surface area (Å²) < 4.78 is 1.40. The maximum absolute atomic E-state index is 12.0. The molecular weight excluding hydrogens is 374 g/mol. The van der Waals surface area contributed by atoms with Gasteiger partial charge in [0.25, 0.3) is 5.56 Å². The third kappa shape index (κ3) is 5.79. The largest absolute Gasteiger partial charge is 0.356 e. The van der Waals surface area contributed by atoms with Crippen molar-refractivity contribution < 1.29 is 4.79 Å². The first-order valence-corrected chi connectivity index (χ1v) is 9.64. The van der Waals surface area contributed by atoms with Crippen molar-refractivity contribution in [2.75, 3.05) is 6.54 Å². The number of aryl methyl sites for hydroxylation is 1. The quantitative estimate of drug-likeness (QED) is 0.632. The minimum atomic E-state index is -0.179. The van der Waals surface area contributed by atoms with Crippen LogP contribution in [0.1, 0.15) is 18.4 Å². The van der Waals surface area contributed by atoms with Crippen molar-refractivity contribution in [3.63, 3.8) is 0 Å². The van der Waals surface area contributed by atoms with Crippen LogP contribution in [0.3, 0.4) is 0 Å². The summed E-state index contributed by atoms with van der Waals surface area (Å²) in [5.74, 6) is -0.0159. The van der Waals surface area contributed by atoms with Crippen LogP contribution in [0.15, 0.2) is 71.5 Å². The topological polar surface area (TPSA) is 64.0 Å². The SMILES string of the molecule is O=C(CCCn1nc(-c2ccc(Cl)cc2)ccc1=O)NCCc1ccccc1. The fourth-order valence-corrected chi connectivity index (χ4v) is 2.98. The van der Waals surface area contributed by atoms with E-state index in [1.807, 2.05) is 42.5 Å². The number of aromatic nitrogens is 2. The van der Waals surface area contributed by atoms with Crippen LogP contribution in [0.2, 0.25) is 5.02 Å². The van der Waals surface area contributed by atoms with E-state index in [0.717, 1.165) is 12.0 Å². The van der Waals surface area contributed by atoms with Gasteiger partial charge in [-0.05, 0) is 36.6 Å². The molecule has 0 fully saturated rings. The Balaban J connectivity index is 1.48. The molecule has 0 radical (unpaired) electrons. The fraction of sp³-hybridized carbons (Fsp3) is 0.227. The molecule has 1 aromatic heterocycles. The van der Waals surface area contributed by atoms with Crippen LogP contribution < -0.4 is 10.9 Å². The number of halogens is 1. The number of benzene rings is 2. The van der Waals surface area contributed by atoms with Crippen LogP contribution in [0.5, 0.6) is 0 Å². The zero-order valence-electron chi connectivity index (χ0n) is 15.5. The lowest BCUT2D eigenvalue weighted by molar-refractivity contribution is -0.121. The molecule has 0 atom stereocenters. The van der Waals surface area contributed by atoms with Crippen molar-refractivity contribution >= 4 is 17.5 Å². The standard InChI is InChI=1S/C22H22ClN3O2/c23-19-10-8-18(9-11-19)20-12-13-22(28)26(25-20)16-4-7-21(27)24-15-14-17-5-2-1-3-6-17/h1-3,5-6,8-13H,4,7,14-16H2,(H,24,27). The van der Waals surface area contributed by atoms with Crippen molar-refractivity contribution in [2.24, 2.45) is 0 Å². The lowest BCUT2D eigenvalue weighted by Gasteiger charge is -2.08. The highest BCUT2D eigenvalue weighted by Gasteiger charge is 2.06. The first-order valence-electron chi connectivity index (χ1n) is 9.26. The molecule has 1 amide bonds. The Morgan fingerprint density at radius 3 is 2.50 bits per heavy atom. The number of carbonyl (C=O) groups excluding carboxylic acids is 1.